The van der Waals surface area contributed by atoms with E-state index in [1.165, 1.54) is 0 Å². The van der Waals surface area contributed by atoms with Crippen molar-refractivity contribution in [3.05, 3.63) is 0 Å². The third-order valence-corrected chi connectivity index (χ3v) is 4.02. The van der Waals surface area contributed by atoms with Gasteiger partial charge in [0.15, 0.2) is 0 Å². The Labute approximate surface area is 146 Å². The van der Waals surface area contributed by atoms with Gasteiger partial charge in [0.2, 0.25) is 0 Å². The fourth-order valence-electron chi connectivity index (χ4n) is 1.34. The van der Waals surface area contributed by atoms with Gasteiger partial charge in [-0.05, 0) is 0 Å². The van der Waals surface area contributed by atoms with Gasteiger partial charge < -0.3 is 33.5 Å². The summed E-state index contributed by atoms with van der Waals surface area (Å²) in [5.41, 5.74) is 0. The minimum atomic E-state index is -4.25. The minimum absolute atomic E-state index is 0.0750. The molecule has 0 rings (SSSR count). The highest BCUT2D eigenvalue weighted by molar-refractivity contribution is 7.51. The predicted octanol–water partition coefficient (Wildman–Crippen LogP) is 0.301. The van der Waals surface area contributed by atoms with Crippen LogP contribution in [0.25, 0.3) is 0 Å². The first-order valence-corrected chi connectivity index (χ1v) is 11.2. The average Bonchev–Trinajstić information content (AvgIpc) is 2.48. The molecular weight excluding hydrogens is 382 g/mol. The summed E-state index contributed by atoms with van der Waals surface area (Å²) in [6.07, 6.45) is -0.829. The summed E-state index contributed by atoms with van der Waals surface area (Å²) in [5.74, 6) is 0. The normalized spacial score (nSPS) is 12.6. The third kappa shape index (κ3) is 24.1. The van der Waals surface area contributed by atoms with E-state index in [1.807, 2.05) is 0 Å². The van der Waals surface area contributed by atoms with E-state index in [2.05, 4.69) is 0 Å². The van der Waals surface area contributed by atoms with Crippen molar-refractivity contribution in [3.63, 3.8) is 0 Å². The summed E-state index contributed by atoms with van der Waals surface area (Å²) in [6, 6.07) is 0. The third-order valence-electron chi connectivity index (χ3n) is 2.52. The monoisotopic (exact) mass is 408 g/mol. The molecule has 0 fully saturated rings. The lowest BCUT2D eigenvalue weighted by molar-refractivity contribution is -0.00942. The van der Waals surface area contributed by atoms with Crippen molar-refractivity contribution in [1.82, 2.24) is 0 Å². The molecule has 0 heterocycles. The molecule has 0 bridgehead atoms. The molecule has 2 radical (unpaired) electrons. The van der Waals surface area contributed by atoms with Gasteiger partial charge in [-0.3, -0.25) is 9.13 Å². The van der Waals surface area contributed by atoms with Crippen LogP contribution in [-0.2, 0) is 42.6 Å². The molecule has 150 valence electrons. The van der Waals surface area contributed by atoms with Gasteiger partial charge >= 0.3 is 15.2 Å². The molecule has 11 nitrogen and oxygen atoms in total. The average molecular weight is 408 g/mol. The van der Waals surface area contributed by atoms with E-state index in [0.717, 1.165) is 0 Å². The molecule has 0 aliphatic carbocycles. The maximum absolute atomic E-state index is 10.4. The van der Waals surface area contributed by atoms with Crippen molar-refractivity contribution in [2.24, 2.45) is 0 Å². The van der Waals surface area contributed by atoms with Crippen LogP contribution in [0.1, 0.15) is 0 Å². The SMILES string of the molecule is [O]P(=O)(O)CCOCCOCCOCCOCCOCCP([O])(=O)O. The van der Waals surface area contributed by atoms with Gasteiger partial charge in [-0.1, -0.05) is 0 Å². The Morgan fingerprint density at radius 3 is 0.880 bits per heavy atom. The van der Waals surface area contributed by atoms with Gasteiger partial charge in [0.05, 0.1) is 78.4 Å². The maximum atomic E-state index is 10.4. The largest absolute Gasteiger partial charge is 0.378 e. The highest BCUT2D eigenvalue weighted by Crippen LogP contribution is 2.35. The fraction of sp³-hybridized carbons (Fsp3) is 1.00. The molecule has 0 aromatic carbocycles. The Balaban J connectivity index is 3.10. The van der Waals surface area contributed by atoms with Gasteiger partial charge in [-0.25, -0.2) is 0 Å². The maximum Gasteiger partial charge on any atom is 0.358 e. The number of hydrogen-bond donors (Lipinski definition) is 2. The Kier molecular flexibility index (Phi) is 15.2. The van der Waals surface area contributed by atoms with Gasteiger partial charge in [0, 0.05) is 0 Å². The fourth-order valence-corrected chi connectivity index (χ4v) is 2.06. The van der Waals surface area contributed by atoms with Crippen LogP contribution in [-0.4, -0.2) is 88.2 Å². The lowest BCUT2D eigenvalue weighted by Crippen LogP contribution is -2.14. The van der Waals surface area contributed by atoms with Crippen LogP contribution in [0.4, 0.5) is 0 Å². The minimum Gasteiger partial charge on any atom is -0.378 e. The molecule has 13 heteroatoms. The van der Waals surface area contributed by atoms with Crippen molar-refractivity contribution >= 4 is 15.2 Å². The van der Waals surface area contributed by atoms with E-state index in [1.54, 1.807) is 0 Å². The molecule has 0 aromatic rings. The van der Waals surface area contributed by atoms with Gasteiger partial charge in [-0.2, -0.15) is 0 Å². The summed E-state index contributed by atoms with van der Waals surface area (Å²) >= 11 is 0. The van der Waals surface area contributed by atoms with Gasteiger partial charge in [0.25, 0.3) is 0 Å². The van der Waals surface area contributed by atoms with Crippen LogP contribution in [0.5, 0.6) is 0 Å². The lowest BCUT2D eigenvalue weighted by Gasteiger charge is -2.08. The van der Waals surface area contributed by atoms with E-state index in [0.29, 0.717) is 26.4 Å². The van der Waals surface area contributed by atoms with Crippen molar-refractivity contribution in [1.29, 1.82) is 0 Å². The van der Waals surface area contributed by atoms with Crippen LogP contribution in [0.15, 0.2) is 0 Å². The van der Waals surface area contributed by atoms with Crippen molar-refractivity contribution in [2.45, 2.75) is 0 Å². The van der Waals surface area contributed by atoms with Crippen LogP contribution in [0.2, 0.25) is 0 Å². The Morgan fingerprint density at radius 1 is 0.480 bits per heavy atom. The zero-order chi connectivity index (χ0) is 19.0. The molecule has 0 aromatic heterocycles. The van der Waals surface area contributed by atoms with Crippen LogP contribution in [0.3, 0.4) is 0 Å². The van der Waals surface area contributed by atoms with E-state index in [9.17, 15) is 18.9 Å². The van der Waals surface area contributed by atoms with E-state index in [4.69, 9.17) is 33.5 Å². The molecule has 0 saturated carbocycles. The van der Waals surface area contributed by atoms with Crippen molar-refractivity contribution in [3.8, 4) is 0 Å². The summed E-state index contributed by atoms with van der Waals surface area (Å²) < 4.78 is 46.3. The quantitative estimate of drug-likeness (QED) is 0.240. The molecule has 0 aliphatic heterocycles. The number of hydrogen-bond acceptors (Lipinski definition) is 7. The van der Waals surface area contributed by atoms with Crippen LogP contribution in [0, 0.1) is 0 Å². The topological polar surface area (TPSA) is 161 Å². The van der Waals surface area contributed by atoms with E-state index >= 15 is 0 Å². The van der Waals surface area contributed by atoms with Crippen molar-refractivity contribution < 1.29 is 52.4 Å². The Bertz CT molecular complexity index is 359. The van der Waals surface area contributed by atoms with Gasteiger partial charge in [0.1, 0.15) is 0 Å². The Morgan fingerprint density at radius 2 is 0.680 bits per heavy atom. The summed E-state index contributed by atoms with van der Waals surface area (Å²) in [7, 11) is -8.50. The summed E-state index contributed by atoms with van der Waals surface area (Å²) in [6.45, 7) is 2.30. The van der Waals surface area contributed by atoms with Gasteiger partial charge in [-0.15, -0.1) is 9.79 Å². The summed E-state index contributed by atoms with van der Waals surface area (Å²) in [5, 5.41) is 0. The second-order valence-electron chi connectivity index (χ2n) is 4.78. The first kappa shape index (κ1) is 25.1. The predicted molar refractivity (Wildman–Crippen MR) is 84.9 cm³/mol. The molecule has 0 aliphatic rings. The molecule has 0 amide bonds. The second-order valence-corrected chi connectivity index (χ2v) is 8.23. The zero-order valence-electron chi connectivity index (χ0n) is 13.9. The second kappa shape index (κ2) is 15.2. The molecule has 0 saturated heterocycles. The molecule has 0 spiro atoms. The highest BCUT2D eigenvalue weighted by Gasteiger charge is 2.14. The highest BCUT2D eigenvalue weighted by atomic mass is 31.2. The zero-order valence-corrected chi connectivity index (χ0v) is 15.7. The standard InChI is InChI=1S/C12H26O11P2/c13-24(14,15)11-9-22-7-5-20-3-1-19-2-4-21-6-8-23-10-12-25(16,17)18/h1-12H2,(H,13,14)(H,16,17). The molecule has 25 heavy (non-hydrogen) atoms. The smallest absolute Gasteiger partial charge is 0.358 e. The van der Waals surface area contributed by atoms with Crippen LogP contribution < -0.4 is 0 Å². The molecule has 2 unspecified atom stereocenters. The summed E-state index contributed by atoms with van der Waals surface area (Å²) in [4.78, 5) is 37.8. The first-order chi connectivity index (χ1) is 11.7. The van der Waals surface area contributed by atoms with Crippen LogP contribution >= 0.6 is 15.2 Å². The van der Waals surface area contributed by atoms with Crippen molar-refractivity contribution in [2.75, 3.05) is 78.4 Å². The van der Waals surface area contributed by atoms with E-state index in [-0.39, 0.29) is 39.6 Å². The van der Waals surface area contributed by atoms with E-state index < -0.39 is 27.5 Å². The number of rotatable bonds is 18. The molecule has 2 atom stereocenters. The first-order valence-electron chi connectivity index (χ1n) is 7.65. The molecule has 2 N–H and O–H groups in total. The molecular formula is C12H26O11P2. The number of ether oxygens (including phenoxy) is 5. The lowest BCUT2D eigenvalue weighted by atomic mass is 10.7. The Hall–Kier alpha value is 0.1000.